The fraction of sp³-hybridized carbons (Fsp3) is 0.692. The molecule has 2 amide bonds. The average Bonchev–Trinajstić information content (AvgIpc) is 2.83. The highest BCUT2D eigenvalue weighted by molar-refractivity contribution is 7.07. The maximum atomic E-state index is 11.8. The Hall–Kier alpha value is -1.10. The van der Waals surface area contributed by atoms with Gasteiger partial charge in [0.1, 0.15) is 0 Å². The molecule has 0 atom stereocenters. The highest BCUT2D eigenvalue weighted by Crippen LogP contribution is 2.16. The number of thiazole rings is 1. The van der Waals surface area contributed by atoms with Crippen LogP contribution in [-0.4, -0.2) is 17.1 Å². The predicted octanol–water partition coefficient (Wildman–Crippen LogP) is 3.06. The Morgan fingerprint density at radius 2 is 2.00 bits per heavy atom. The van der Waals surface area contributed by atoms with Crippen molar-refractivity contribution in [2.24, 2.45) is 0 Å². The fourth-order valence-electron chi connectivity index (χ4n) is 2.33. The molecule has 18 heavy (non-hydrogen) atoms. The van der Waals surface area contributed by atoms with E-state index in [4.69, 9.17) is 0 Å². The van der Waals surface area contributed by atoms with Gasteiger partial charge in [-0.3, -0.25) is 0 Å². The van der Waals surface area contributed by atoms with E-state index in [1.54, 1.807) is 16.8 Å². The molecule has 0 spiro atoms. The molecule has 1 aromatic heterocycles. The molecule has 1 aliphatic rings. The number of nitrogens with zero attached hydrogens (tertiary/aromatic N) is 1. The van der Waals surface area contributed by atoms with E-state index in [9.17, 15) is 4.79 Å². The second-order valence-corrected chi connectivity index (χ2v) is 5.57. The minimum atomic E-state index is -0.0615. The van der Waals surface area contributed by atoms with Crippen molar-refractivity contribution in [1.29, 1.82) is 0 Å². The van der Waals surface area contributed by atoms with Crippen molar-refractivity contribution >= 4 is 17.4 Å². The quantitative estimate of drug-likeness (QED) is 0.884. The van der Waals surface area contributed by atoms with Gasteiger partial charge in [0, 0.05) is 11.4 Å². The zero-order valence-corrected chi connectivity index (χ0v) is 11.5. The molecule has 0 saturated heterocycles. The zero-order chi connectivity index (χ0) is 12.6. The van der Waals surface area contributed by atoms with Gasteiger partial charge in [0.25, 0.3) is 0 Å². The summed E-state index contributed by atoms with van der Waals surface area (Å²) in [5.41, 5.74) is 2.71. The lowest BCUT2D eigenvalue weighted by molar-refractivity contribution is 0.233. The summed E-state index contributed by atoms with van der Waals surface area (Å²) in [6.07, 6.45) is 8.66. The highest BCUT2D eigenvalue weighted by Gasteiger charge is 2.13. The number of amides is 2. The van der Waals surface area contributed by atoms with Gasteiger partial charge < -0.3 is 10.6 Å². The third kappa shape index (κ3) is 4.64. The first-order valence-corrected chi connectivity index (χ1v) is 7.70. The number of carbonyl (C=O) groups excluding carboxylic acids is 1. The summed E-state index contributed by atoms with van der Waals surface area (Å²) in [5, 5.41) is 7.89. The molecular formula is C13H21N3OS. The number of hydrogen-bond donors (Lipinski definition) is 2. The van der Waals surface area contributed by atoms with Crippen molar-refractivity contribution in [3.63, 3.8) is 0 Å². The van der Waals surface area contributed by atoms with Crippen LogP contribution in [0.25, 0.3) is 0 Å². The second-order valence-electron chi connectivity index (χ2n) is 4.85. The number of urea groups is 1. The van der Waals surface area contributed by atoms with Crippen LogP contribution in [0, 0.1) is 0 Å². The maximum Gasteiger partial charge on any atom is 0.315 e. The molecule has 1 heterocycles. The molecule has 2 N–H and O–H groups in total. The number of rotatable bonds is 3. The molecule has 4 nitrogen and oxygen atoms in total. The highest BCUT2D eigenvalue weighted by atomic mass is 32.1. The molecule has 0 aromatic carbocycles. The minimum absolute atomic E-state index is 0.0615. The number of hydrogen-bond acceptors (Lipinski definition) is 3. The van der Waals surface area contributed by atoms with E-state index < -0.39 is 0 Å². The van der Waals surface area contributed by atoms with Gasteiger partial charge in [-0.2, -0.15) is 0 Å². The number of carbonyl (C=O) groups is 1. The molecule has 0 radical (unpaired) electrons. The normalized spacial score (nSPS) is 17.8. The van der Waals surface area contributed by atoms with Crippen LogP contribution in [0.3, 0.4) is 0 Å². The second kappa shape index (κ2) is 7.36. The van der Waals surface area contributed by atoms with E-state index in [0.717, 1.165) is 18.5 Å². The third-order valence-electron chi connectivity index (χ3n) is 3.35. The summed E-state index contributed by atoms with van der Waals surface area (Å²) in [6, 6.07) is 0.286. The summed E-state index contributed by atoms with van der Waals surface area (Å²) in [7, 11) is 0. The molecule has 2 rings (SSSR count). The van der Waals surface area contributed by atoms with Gasteiger partial charge in [-0.25, -0.2) is 9.78 Å². The first-order chi connectivity index (χ1) is 8.84. The van der Waals surface area contributed by atoms with Gasteiger partial charge in [0.2, 0.25) is 0 Å². The van der Waals surface area contributed by atoms with Crippen LogP contribution in [0.2, 0.25) is 0 Å². The average molecular weight is 267 g/mol. The lowest BCUT2D eigenvalue weighted by Crippen LogP contribution is -2.42. The van der Waals surface area contributed by atoms with Crippen LogP contribution in [-0.2, 0) is 6.54 Å². The topological polar surface area (TPSA) is 54.0 Å². The van der Waals surface area contributed by atoms with Crippen molar-refractivity contribution in [2.45, 2.75) is 57.5 Å². The van der Waals surface area contributed by atoms with E-state index >= 15 is 0 Å². The molecule has 0 unspecified atom stereocenters. The van der Waals surface area contributed by atoms with Crippen LogP contribution >= 0.6 is 11.3 Å². The summed E-state index contributed by atoms with van der Waals surface area (Å²) < 4.78 is 0. The molecule has 5 heteroatoms. The summed E-state index contributed by atoms with van der Waals surface area (Å²) >= 11 is 1.55. The molecular weight excluding hydrogens is 246 g/mol. The van der Waals surface area contributed by atoms with Gasteiger partial charge >= 0.3 is 6.03 Å². The smallest absolute Gasteiger partial charge is 0.315 e. The summed E-state index contributed by atoms with van der Waals surface area (Å²) in [5.74, 6) is 0. The Labute approximate surface area is 112 Å². The van der Waals surface area contributed by atoms with Crippen molar-refractivity contribution in [1.82, 2.24) is 15.6 Å². The Kier molecular flexibility index (Phi) is 5.45. The van der Waals surface area contributed by atoms with Crippen LogP contribution in [0.1, 0.15) is 50.6 Å². The van der Waals surface area contributed by atoms with E-state index in [1.165, 1.54) is 32.1 Å². The third-order valence-corrected chi connectivity index (χ3v) is 3.99. The Bertz CT molecular complexity index is 345. The van der Waals surface area contributed by atoms with Gasteiger partial charge in [0.15, 0.2) is 0 Å². The van der Waals surface area contributed by atoms with Gasteiger partial charge in [-0.1, -0.05) is 32.1 Å². The lowest BCUT2D eigenvalue weighted by Gasteiger charge is -2.21. The predicted molar refractivity (Wildman–Crippen MR) is 73.6 cm³/mol. The van der Waals surface area contributed by atoms with Crippen molar-refractivity contribution in [2.75, 3.05) is 0 Å². The van der Waals surface area contributed by atoms with Crippen molar-refractivity contribution in [3.05, 3.63) is 16.6 Å². The first-order valence-electron chi connectivity index (χ1n) is 6.76. The van der Waals surface area contributed by atoms with Gasteiger partial charge in [-0.15, -0.1) is 11.3 Å². The monoisotopic (exact) mass is 267 g/mol. The van der Waals surface area contributed by atoms with Crippen molar-refractivity contribution < 1.29 is 4.79 Å². The molecule has 1 aromatic rings. The molecule has 1 saturated carbocycles. The largest absolute Gasteiger partial charge is 0.335 e. The van der Waals surface area contributed by atoms with Crippen molar-refractivity contribution in [3.8, 4) is 0 Å². The van der Waals surface area contributed by atoms with Crippen LogP contribution < -0.4 is 10.6 Å². The number of nitrogens with one attached hydrogen (secondary N) is 2. The Balaban J connectivity index is 1.68. The molecule has 0 bridgehead atoms. The Morgan fingerprint density at radius 3 is 2.67 bits per heavy atom. The molecule has 1 aliphatic carbocycles. The SMILES string of the molecule is O=C(NCc1cscn1)NC1CCCCCCC1. The van der Waals surface area contributed by atoms with E-state index in [0.29, 0.717) is 12.6 Å². The van der Waals surface area contributed by atoms with E-state index in [1.807, 2.05) is 5.38 Å². The maximum absolute atomic E-state index is 11.8. The first kappa shape index (κ1) is 13.3. The van der Waals surface area contributed by atoms with E-state index in [-0.39, 0.29) is 6.03 Å². The van der Waals surface area contributed by atoms with Crippen LogP contribution in [0.5, 0.6) is 0 Å². The lowest BCUT2D eigenvalue weighted by atomic mass is 9.97. The van der Waals surface area contributed by atoms with Gasteiger partial charge in [-0.05, 0) is 12.8 Å². The number of aromatic nitrogens is 1. The summed E-state index contributed by atoms with van der Waals surface area (Å²) in [4.78, 5) is 15.9. The van der Waals surface area contributed by atoms with E-state index in [2.05, 4.69) is 15.6 Å². The minimum Gasteiger partial charge on any atom is -0.335 e. The van der Waals surface area contributed by atoms with Crippen LogP contribution in [0.4, 0.5) is 4.79 Å². The summed E-state index contributed by atoms with van der Waals surface area (Å²) in [6.45, 7) is 0.516. The standard InChI is InChI=1S/C13H21N3OS/c17-13(14-8-12-9-18-10-15-12)16-11-6-4-2-1-3-5-7-11/h9-11H,1-8H2,(H2,14,16,17). The molecule has 100 valence electrons. The van der Waals surface area contributed by atoms with Gasteiger partial charge in [0.05, 0.1) is 17.7 Å². The Morgan fingerprint density at radius 1 is 1.28 bits per heavy atom. The molecule has 1 fully saturated rings. The fourth-order valence-corrected chi connectivity index (χ4v) is 2.89. The van der Waals surface area contributed by atoms with Crippen LogP contribution in [0.15, 0.2) is 10.9 Å². The zero-order valence-electron chi connectivity index (χ0n) is 10.7. The molecule has 0 aliphatic heterocycles.